The van der Waals surface area contributed by atoms with Crippen LogP contribution in [0.3, 0.4) is 0 Å². The zero-order valence-electron chi connectivity index (χ0n) is 14.6. The van der Waals surface area contributed by atoms with E-state index in [0.29, 0.717) is 11.4 Å². The fraction of sp³-hybridized carbons (Fsp3) is 0.412. The van der Waals surface area contributed by atoms with E-state index >= 15 is 0 Å². The summed E-state index contributed by atoms with van der Waals surface area (Å²) in [7, 11) is 0. The van der Waals surface area contributed by atoms with Gasteiger partial charge >= 0.3 is 12.0 Å². The fourth-order valence-electron chi connectivity index (χ4n) is 2.49. The summed E-state index contributed by atoms with van der Waals surface area (Å²) in [5, 5.41) is 1.89. The van der Waals surface area contributed by atoms with Gasteiger partial charge in [0.15, 0.2) is 6.10 Å². The van der Waals surface area contributed by atoms with Crippen LogP contribution in [0.15, 0.2) is 24.3 Å². The first-order valence-corrected chi connectivity index (χ1v) is 8.11. The Morgan fingerprint density at radius 1 is 1.31 bits per heavy atom. The van der Waals surface area contributed by atoms with E-state index in [1.54, 1.807) is 38.1 Å². The lowest BCUT2D eigenvalue weighted by atomic mass is 10.1. The number of primary amides is 1. The van der Waals surface area contributed by atoms with Crippen LogP contribution >= 0.6 is 0 Å². The number of carbonyl (C=O) groups is 4. The number of nitrogens with one attached hydrogen (secondary N) is 1. The standard InChI is InChI=1S/C17H21N3O6/c1-10(2)15(16(23)19-17(18)24)26-14(22)9-20-11-5-3-4-6-12(11)25-8-7-13(20)21/h3-6,10,15H,7-9H2,1-2H3,(H3,18,19,23,24)/t15-/m0/s1. The monoisotopic (exact) mass is 363 g/mol. The van der Waals surface area contributed by atoms with Crippen LogP contribution < -0.4 is 20.7 Å². The highest BCUT2D eigenvalue weighted by molar-refractivity contribution is 6.00. The largest absolute Gasteiger partial charge is 0.491 e. The van der Waals surface area contributed by atoms with Gasteiger partial charge in [-0.15, -0.1) is 0 Å². The predicted molar refractivity (Wildman–Crippen MR) is 91.4 cm³/mol. The Balaban J connectivity index is 2.13. The van der Waals surface area contributed by atoms with Crippen LogP contribution in [0, 0.1) is 5.92 Å². The van der Waals surface area contributed by atoms with E-state index in [0.717, 1.165) is 0 Å². The molecule has 1 atom stereocenters. The molecule has 0 unspecified atom stereocenters. The molecule has 0 fully saturated rings. The number of ether oxygens (including phenoxy) is 2. The highest BCUT2D eigenvalue weighted by Crippen LogP contribution is 2.30. The first kappa shape index (κ1) is 19.2. The summed E-state index contributed by atoms with van der Waals surface area (Å²) in [5.74, 6) is -1.80. The van der Waals surface area contributed by atoms with Crippen molar-refractivity contribution in [3.05, 3.63) is 24.3 Å². The zero-order chi connectivity index (χ0) is 19.3. The van der Waals surface area contributed by atoms with Gasteiger partial charge in [-0.2, -0.15) is 0 Å². The third-order valence-corrected chi connectivity index (χ3v) is 3.69. The third kappa shape index (κ3) is 4.71. The van der Waals surface area contributed by atoms with Crippen molar-refractivity contribution >= 4 is 29.5 Å². The van der Waals surface area contributed by atoms with Crippen LogP contribution in [0.5, 0.6) is 5.75 Å². The van der Waals surface area contributed by atoms with Gasteiger partial charge in [0.2, 0.25) is 5.91 Å². The van der Waals surface area contributed by atoms with Gasteiger partial charge in [-0.25, -0.2) is 4.79 Å². The lowest BCUT2D eigenvalue weighted by Crippen LogP contribution is -2.47. The molecule has 26 heavy (non-hydrogen) atoms. The van der Waals surface area contributed by atoms with E-state index in [2.05, 4.69) is 0 Å². The van der Waals surface area contributed by atoms with Crippen molar-refractivity contribution in [2.24, 2.45) is 11.7 Å². The molecule has 4 amide bonds. The van der Waals surface area contributed by atoms with E-state index in [4.69, 9.17) is 15.2 Å². The van der Waals surface area contributed by atoms with Crippen molar-refractivity contribution < 1.29 is 28.7 Å². The SMILES string of the molecule is CC(C)[C@H](OC(=O)CN1C(=O)CCOc2ccccc21)C(=O)NC(N)=O. The Hall–Kier alpha value is -3.10. The maximum absolute atomic E-state index is 12.3. The Kier molecular flexibility index (Phi) is 6.16. The number of nitrogens with zero attached hydrogens (tertiary/aromatic N) is 1. The molecule has 140 valence electrons. The van der Waals surface area contributed by atoms with Gasteiger partial charge in [0.05, 0.1) is 18.7 Å². The first-order chi connectivity index (χ1) is 12.3. The van der Waals surface area contributed by atoms with Crippen LogP contribution in [0.25, 0.3) is 0 Å². The number of para-hydroxylation sites is 2. The van der Waals surface area contributed by atoms with Gasteiger partial charge in [0.1, 0.15) is 12.3 Å². The molecule has 0 saturated heterocycles. The number of anilines is 1. The maximum atomic E-state index is 12.3. The number of hydrogen-bond acceptors (Lipinski definition) is 6. The van der Waals surface area contributed by atoms with Crippen LogP contribution in [0.4, 0.5) is 10.5 Å². The molecule has 9 nitrogen and oxygen atoms in total. The Morgan fingerprint density at radius 3 is 2.65 bits per heavy atom. The van der Waals surface area contributed by atoms with Crippen molar-refractivity contribution in [3.8, 4) is 5.75 Å². The van der Waals surface area contributed by atoms with Crippen molar-refractivity contribution in [1.82, 2.24) is 5.32 Å². The lowest BCUT2D eigenvalue weighted by molar-refractivity contribution is -0.157. The molecule has 1 aromatic carbocycles. The molecule has 1 heterocycles. The number of urea groups is 1. The van der Waals surface area contributed by atoms with E-state index in [1.165, 1.54) is 4.90 Å². The van der Waals surface area contributed by atoms with E-state index < -0.39 is 29.9 Å². The highest BCUT2D eigenvalue weighted by Gasteiger charge is 2.30. The van der Waals surface area contributed by atoms with E-state index in [1.807, 2.05) is 5.32 Å². The summed E-state index contributed by atoms with van der Waals surface area (Å²) >= 11 is 0. The summed E-state index contributed by atoms with van der Waals surface area (Å²) in [6.07, 6.45) is -1.10. The molecule has 0 radical (unpaired) electrons. The number of amides is 4. The Labute approximate surface area is 150 Å². The van der Waals surface area contributed by atoms with Gasteiger partial charge < -0.3 is 15.2 Å². The van der Waals surface area contributed by atoms with Gasteiger partial charge in [0.25, 0.3) is 5.91 Å². The highest BCUT2D eigenvalue weighted by atomic mass is 16.5. The molecular weight excluding hydrogens is 342 g/mol. The molecule has 0 aromatic heterocycles. The van der Waals surface area contributed by atoms with Gasteiger partial charge in [0, 0.05) is 0 Å². The molecule has 2 rings (SSSR count). The lowest BCUT2D eigenvalue weighted by Gasteiger charge is -2.24. The smallest absolute Gasteiger partial charge is 0.326 e. The molecule has 1 aromatic rings. The summed E-state index contributed by atoms with van der Waals surface area (Å²) in [4.78, 5) is 48.7. The molecule has 0 saturated carbocycles. The molecule has 0 bridgehead atoms. The minimum atomic E-state index is -1.21. The van der Waals surface area contributed by atoms with Crippen LogP contribution in [0.2, 0.25) is 0 Å². The molecule has 3 N–H and O–H groups in total. The number of benzene rings is 1. The molecular formula is C17H21N3O6. The fourth-order valence-corrected chi connectivity index (χ4v) is 2.49. The Bertz CT molecular complexity index is 718. The minimum absolute atomic E-state index is 0.109. The third-order valence-electron chi connectivity index (χ3n) is 3.69. The van der Waals surface area contributed by atoms with Crippen LogP contribution in [0.1, 0.15) is 20.3 Å². The van der Waals surface area contributed by atoms with Crippen LogP contribution in [-0.2, 0) is 19.1 Å². The Morgan fingerprint density at radius 2 is 2.00 bits per heavy atom. The molecule has 0 aliphatic carbocycles. The molecule has 1 aliphatic heterocycles. The van der Waals surface area contributed by atoms with Crippen molar-refractivity contribution in [1.29, 1.82) is 0 Å². The molecule has 9 heteroatoms. The van der Waals surface area contributed by atoms with Crippen molar-refractivity contribution in [2.45, 2.75) is 26.4 Å². The number of carbonyl (C=O) groups excluding carboxylic acids is 4. The topological polar surface area (TPSA) is 128 Å². The second kappa shape index (κ2) is 8.32. The summed E-state index contributed by atoms with van der Waals surface area (Å²) in [6.45, 7) is 3.13. The average Bonchev–Trinajstić information content (AvgIpc) is 2.71. The van der Waals surface area contributed by atoms with Crippen molar-refractivity contribution in [2.75, 3.05) is 18.1 Å². The zero-order valence-corrected chi connectivity index (χ0v) is 14.6. The maximum Gasteiger partial charge on any atom is 0.326 e. The van der Waals surface area contributed by atoms with E-state index in [-0.39, 0.29) is 25.5 Å². The number of rotatable bonds is 5. The van der Waals surface area contributed by atoms with Gasteiger partial charge in [-0.05, 0) is 18.1 Å². The number of esters is 1. The number of fused-ring (bicyclic) bond motifs is 1. The normalized spacial score (nSPS) is 14.7. The molecule has 0 spiro atoms. The second-order valence-electron chi connectivity index (χ2n) is 6.05. The minimum Gasteiger partial charge on any atom is -0.491 e. The quantitative estimate of drug-likeness (QED) is 0.736. The predicted octanol–water partition coefficient (Wildman–Crippen LogP) is 0.565. The van der Waals surface area contributed by atoms with E-state index in [9.17, 15) is 19.2 Å². The van der Waals surface area contributed by atoms with Gasteiger partial charge in [-0.1, -0.05) is 26.0 Å². The van der Waals surface area contributed by atoms with Crippen LogP contribution in [-0.4, -0.2) is 43.1 Å². The first-order valence-electron chi connectivity index (χ1n) is 8.11. The number of imide groups is 1. The molecule has 1 aliphatic rings. The van der Waals surface area contributed by atoms with Crippen molar-refractivity contribution in [3.63, 3.8) is 0 Å². The number of hydrogen-bond donors (Lipinski definition) is 2. The average molecular weight is 363 g/mol. The second-order valence-corrected chi connectivity index (χ2v) is 6.05. The summed E-state index contributed by atoms with van der Waals surface area (Å²) < 4.78 is 10.7. The summed E-state index contributed by atoms with van der Waals surface area (Å²) in [5.41, 5.74) is 5.38. The number of nitrogens with two attached hydrogens (primary N) is 1. The van der Waals surface area contributed by atoms with Gasteiger partial charge in [-0.3, -0.25) is 24.6 Å². The summed E-state index contributed by atoms with van der Waals surface area (Å²) in [6, 6.07) is 5.80.